The minimum absolute atomic E-state index is 0. The van der Waals surface area contributed by atoms with E-state index < -0.39 is 0 Å². The third-order valence-corrected chi connectivity index (χ3v) is 6.94. The predicted octanol–water partition coefficient (Wildman–Crippen LogP) is 2.90. The standard InChI is InChI=1S/C25H39N5O2.HI/c1-26-25(30-17-15-28(16-18-30)20-24(31)29-13-4-5-14-29)27-12-7-19-32-23-11-6-9-21-8-2-3-10-22(21)23;/h2-3,8,10,23H,4-7,9,11-20H2,1H3,(H,26,27);1H. The molecular weight excluding hydrogens is 529 g/mol. The average Bonchev–Trinajstić information content (AvgIpc) is 3.37. The number of rotatable bonds is 7. The highest BCUT2D eigenvalue weighted by atomic mass is 127. The summed E-state index contributed by atoms with van der Waals surface area (Å²) in [7, 11) is 1.85. The van der Waals surface area contributed by atoms with Gasteiger partial charge in [-0.3, -0.25) is 14.7 Å². The number of guanidine groups is 1. The van der Waals surface area contributed by atoms with Gasteiger partial charge in [-0.1, -0.05) is 24.3 Å². The first-order chi connectivity index (χ1) is 15.7. The summed E-state index contributed by atoms with van der Waals surface area (Å²) in [5.41, 5.74) is 2.83. The second-order valence-electron chi connectivity index (χ2n) is 9.13. The summed E-state index contributed by atoms with van der Waals surface area (Å²) < 4.78 is 6.23. The molecule has 1 aromatic carbocycles. The number of aryl methyl sites for hydroxylation is 1. The molecule has 2 fully saturated rings. The molecule has 2 saturated heterocycles. The van der Waals surface area contributed by atoms with Crippen LogP contribution in [0.2, 0.25) is 0 Å². The number of nitrogens with zero attached hydrogens (tertiary/aromatic N) is 4. The molecular formula is C25H40IN5O2. The van der Waals surface area contributed by atoms with Gasteiger partial charge in [-0.05, 0) is 49.7 Å². The fourth-order valence-electron chi connectivity index (χ4n) is 5.09. The zero-order valence-electron chi connectivity index (χ0n) is 20.0. The highest BCUT2D eigenvalue weighted by Crippen LogP contribution is 2.32. The van der Waals surface area contributed by atoms with Crippen LogP contribution in [0.5, 0.6) is 0 Å². The van der Waals surface area contributed by atoms with Crippen molar-refractivity contribution in [3.05, 3.63) is 35.4 Å². The van der Waals surface area contributed by atoms with Crippen molar-refractivity contribution in [1.29, 1.82) is 0 Å². The van der Waals surface area contributed by atoms with Crippen LogP contribution in [0, 0.1) is 0 Å². The molecule has 1 aromatic rings. The van der Waals surface area contributed by atoms with E-state index in [0.29, 0.717) is 12.5 Å². The van der Waals surface area contributed by atoms with Gasteiger partial charge in [0.15, 0.2) is 5.96 Å². The molecule has 2 aliphatic heterocycles. The number of carbonyl (C=O) groups is 1. The van der Waals surface area contributed by atoms with E-state index in [-0.39, 0.29) is 30.1 Å². The Bertz CT molecular complexity index is 776. The first kappa shape index (κ1) is 26.2. The molecule has 7 nitrogen and oxygen atoms in total. The highest BCUT2D eigenvalue weighted by Gasteiger charge is 2.24. The molecule has 0 bridgehead atoms. The third-order valence-electron chi connectivity index (χ3n) is 6.94. The van der Waals surface area contributed by atoms with Gasteiger partial charge in [-0.25, -0.2) is 0 Å². The highest BCUT2D eigenvalue weighted by molar-refractivity contribution is 14.0. The molecule has 1 amide bonds. The van der Waals surface area contributed by atoms with Crippen LogP contribution in [0.25, 0.3) is 0 Å². The van der Waals surface area contributed by atoms with Crippen LogP contribution in [0.4, 0.5) is 0 Å². The minimum Gasteiger partial charge on any atom is -0.373 e. The predicted molar refractivity (Wildman–Crippen MR) is 143 cm³/mol. The third kappa shape index (κ3) is 7.29. The summed E-state index contributed by atoms with van der Waals surface area (Å²) >= 11 is 0. The van der Waals surface area contributed by atoms with Crippen LogP contribution in [0.3, 0.4) is 0 Å². The maximum absolute atomic E-state index is 12.4. The zero-order valence-corrected chi connectivity index (χ0v) is 22.3. The van der Waals surface area contributed by atoms with Crippen LogP contribution >= 0.6 is 24.0 Å². The van der Waals surface area contributed by atoms with Crippen LogP contribution in [0.1, 0.15) is 49.3 Å². The molecule has 0 aromatic heterocycles. The summed E-state index contributed by atoms with van der Waals surface area (Å²) in [6.07, 6.45) is 7.02. The van der Waals surface area contributed by atoms with Crippen molar-refractivity contribution in [3.8, 4) is 0 Å². The Balaban J connectivity index is 0.00000306. The van der Waals surface area contributed by atoms with Gasteiger partial charge in [-0.15, -0.1) is 24.0 Å². The van der Waals surface area contributed by atoms with E-state index in [1.54, 1.807) is 0 Å². The molecule has 1 unspecified atom stereocenters. The Labute approximate surface area is 215 Å². The second kappa shape index (κ2) is 13.5. The molecule has 4 rings (SSSR count). The van der Waals surface area contributed by atoms with Crippen molar-refractivity contribution in [3.63, 3.8) is 0 Å². The maximum atomic E-state index is 12.4. The van der Waals surface area contributed by atoms with E-state index in [9.17, 15) is 4.79 Å². The first-order valence-electron chi connectivity index (χ1n) is 12.4. The number of halogens is 1. The number of carbonyl (C=O) groups excluding carboxylic acids is 1. The lowest BCUT2D eigenvalue weighted by molar-refractivity contribution is -0.131. The summed E-state index contributed by atoms with van der Waals surface area (Å²) in [6, 6.07) is 8.70. The van der Waals surface area contributed by atoms with E-state index >= 15 is 0 Å². The molecule has 8 heteroatoms. The zero-order chi connectivity index (χ0) is 22.2. The van der Waals surface area contributed by atoms with Crippen LogP contribution in [-0.2, 0) is 16.0 Å². The van der Waals surface area contributed by atoms with Gasteiger partial charge in [0.1, 0.15) is 0 Å². The van der Waals surface area contributed by atoms with Gasteiger partial charge in [0, 0.05) is 59.5 Å². The van der Waals surface area contributed by atoms with Gasteiger partial charge >= 0.3 is 0 Å². The minimum atomic E-state index is 0. The Kier molecular flexibility index (Phi) is 10.7. The van der Waals surface area contributed by atoms with E-state index in [1.807, 2.05) is 11.9 Å². The molecule has 1 aliphatic carbocycles. The molecule has 2 heterocycles. The number of benzene rings is 1. The number of amides is 1. The van der Waals surface area contributed by atoms with Gasteiger partial charge in [0.2, 0.25) is 5.91 Å². The van der Waals surface area contributed by atoms with Gasteiger partial charge in [0.25, 0.3) is 0 Å². The average molecular weight is 570 g/mol. The van der Waals surface area contributed by atoms with Gasteiger partial charge in [0.05, 0.1) is 12.6 Å². The van der Waals surface area contributed by atoms with Crippen LogP contribution < -0.4 is 5.32 Å². The molecule has 0 radical (unpaired) electrons. The van der Waals surface area contributed by atoms with Crippen LogP contribution in [-0.4, -0.2) is 92.6 Å². The molecule has 3 aliphatic rings. The lowest BCUT2D eigenvalue weighted by Crippen LogP contribution is -2.54. The molecule has 0 saturated carbocycles. The first-order valence-corrected chi connectivity index (χ1v) is 12.4. The number of hydrogen-bond donors (Lipinski definition) is 1. The number of nitrogens with one attached hydrogen (secondary N) is 1. The Morgan fingerprint density at radius 2 is 1.82 bits per heavy atom. The quantitative estimate of drug-likeness (QED) is 0.237. The van der Waals surface area contributed by atoms with Crippen molar-refractivity contribution >= 4 is 35.8 Å². The summed E-state index contributed by atoms with van der Waals surface area (Å²) in [6.45, 7) is 7.67. The van der Waals surface area contributed by atoms with Crippen molar-refractivity contribution in [1.82, 2.24) is 20.0 Å². The number of hydrogen-bond acceptors (Lipinski definition) is 4. The molecule has 1 atom stereocenters. The van der Waals surface area contributed by atoms with Crippen molar-refractivity contribution in [2.24, 2.45) is 4.99 Å². The summed E-state index contributed by atoms with van der Waals surface area (Å²) in [5, 5.41) is 3.50. The number of likely N-dealkylation sites (tertiary alicyclic amines) is 1. The number of aliphatic imine (C=N–C) groups is 1. The van der Waals surface area contributed by atoms with Crippen molar-refractivity contribution in [2.45, 2.75) is 44.6 Å². The Hall–Kier alpha value is -1.39. The number of ether oxygens (including phenoxy) is 1. The number of piperazine rings is 1. The van der Waals surface area contributed by atoms with Gasteiger partial charge < -0.3 is 19.9 Å². The molecule has 0 spiro atoms. The Morgan fingerprint density at radius 1 is 1.06 bits per heavy atom. The smallest absolute Gasteiger partial charge is 0.236 e. The van der Waals surface area contributed by atoms with E-state index in [2.05, 4.69) is 44.4 Å². The summed E-state index contributed by atoms with van der Waals surface area (Å²) in [4.78, 5) is 23.5. The fraction of sp³-hybridized carbons (Fsp3) is 0.680. The number of fused-ring (bicyclic) bond motifs is 1. The fourth-order valence-corrected chi connectivity index (χ4v) is 5.09. The SMILES string of the molecule is CN=C(NCCCOC1CCCc2ccccc21)N1CCN(CC(=O)N2CCCC2)CC1.I. The normalized spacial score (nSPS) is 21.5. The largest absolute Gasteiger partial charge is 0.373 e. The second-order valence-corrected chi connectivity index (χ2v) is 9.13. The monoisotopic (exact) mass is 569 g/mol. The topological polar surface area (TPSA) is 60.4 Å². The van der Waals surface area contributed by atoms with Crippen LogP contribution in [0.15, 0.2) is 29.3 Å². The van der Waals surface area contributed by atoms with E-state index in [1.165, 1.54) is 24.0 Å². The summed E-state index contributed by atoms with van der Waals surface area (Å²) in [5.74, 6) is 1.25. The van der Waals surface area contributed by atoms with Crippen molar-refractivity contribution in [2.75, 3.05) is 66.0 Å². The molecule has 1 N–H and O–H groups in total. The van der Waals surface area contributed by atoms with Crippen molar-refractivity contribution < 1.29 is 9.53 Å². The molecule has 33 heavy (non-hydrogen) atoms. The maximum Gasteiger partial charge on any atom is 0.236 e. The molecule has 184 valence electrons. The lowest BCUT2D eigenvalue weighted by atomic mass is 9.89. The Morgan fingerprint density at radius 3 is 2.58 bits per heavy atom. The lowest BCUT2D eigenvalue weighted by Gasteiger charge is -2.36. The van der Waals surface area contributed by atoms with E-state index in [0.717, 1.165) is 84.1 Å². The van der Waals surface area contributed by atoms with E-state index in [4.69, 9.17) is 4.74 Å². The van der Waals surface area contributed by atoms with Gasteiger partial charge in [-0.2, -0.15) is 0 Å².